The van der Waals surface area contributed by atoms with E-state index in [9.17, 15) is 4.39 Å². The van der Waals surface area contributed by atoms with Gasteiger partial charge in [0.1, 0.15) is 5.82 Å². The van der Waals surface area contributed by atoms with Crippen LogP contribution in [0.1, 0.15) is 57.4 Å². The van der Waals surface area contributed by atoms with Gasteiger partial charge in [-0.25, -0.2) is 4.39 Å². The van der Waals surface area contributed by atoms with Gasteiger partial charge in [0.2, 0.25) is 0 Å². The van der Waals surface area contributed by atoms with Crippen molar-refractivity contribution in [2.45, 2.75) is 57.3 Å². The summed E-state index contributed by atoms with van der Waals surface area (Å²) in [4.78, 5) is 0. The summed E-state index contributed by atoms with van der Waals surface area (Å²) >= 11 is 0. The average Bonchev–Trinajstić information content (AvgIpc) is 2.40. The van der Waals surface area contributed by atoms with Crippen LogP contribution in [-0.2, 0) is 5.41 Å². The van der Waals surface area contributed by atoms with Crippen molar-refractivity contribution < 1.29 is 4.39 Å². The van der Waals surface area contributed by atoms with Crippen LogP contribution in [0, 0.1) is 5.82 Å². The van der Waals surface area contributed by atoms with E-state index in [-0.39, 0.29) is 11.2 Å². The molecule has 18 heavy (non-hydrogen) atoms. The minimum absolute atomic E-state index is 0.0412. The first-order valence-corrected chi connectivity index (χ1v) is 7.21. The molecule has 1 heteroatoms. The Morgan fingerprint density at radius 1 is 1.17 bits per heavy atom. The van der Waals surface area contributed by atoms with Gasteiger partial charge in [-0.2, -0.15) is 0 Å². The molecule has 0 heterocycles. The summed E-state index contributed by atoms with van der Waals surface area (Å²) in [5, 5.41) is 0. The summed E-state index contributed by atoms with van der Waals surface area (Å²) in [6, 6.07) is 7.31. The lowest BCUT2D eigenvalue weighted by molar-refractivity contribution is 0.345. The summed E-state index contributed by atoms with van der Waals surface area (Å²) in [5.74, 6) is -0.0412. The number of allylic oxidation sites excluding steroid dienone is 2. The first kappa shape index (κ1) is 13.3. The zero-order valence-corrected chi connectivity index (χ0v) is 11.3. The Bertz CT molecular complexity index is 400. The van der Waals surface area contributed by atoms with Crippen molar-refractivity contribution in [1.82, 2.24) is 0 Å². The van der Waals surface area contributed by atoms with Gasteiger partial charge in [-0.05, 0) is 30.9 Å². The molecular weight excluding hydrogens is 223 g/mol. The molecule has 0 unspecified atom stereocenters. The van der Waals surface area contributed by atoms with Gasteiger partial charge in [-0.15, -0.1) is 0 Å². The molecule has 0 radical (unpaired) electrons. The lowest BCUT2D eigenvalue weighted by Crippen LogP contribution is -2.27. The van der Waals surface area contributed by atoms with Crippen molar-refractivity contribution in [1.29, 1.82) is 0 Å². The molecule has 98 valence electrons. The highest BCUT2D eigenvalue weighted by Crippen LogP contribution is 2.41. The van der Waals surface area contributed by atoms with Gasteiger partial charge in [-0.1, -0.05) is 63.0 Å². The van der Waals surface area contributed by atoms with Gasteiger partial charge in [0.25, 0.3) is 0 Å². The van der Waals surface area contributed by atoms with E-state index in [1.54, 1.807) is 12.1 Å². The lowest BCUT2D eigenvalue weighted by Gasteiger charge is -2.35. The van der Waals surface area contributed by atoms with E-state index in [0.717, 1.165) is 31.2 Å². The molecule has 1 fully saturated rings. The van der Waals surface area contributed by atoms with Gasteiger partial charge in [0.15, 0.2) is 0 Å². The summed E-state index contributed by atoms with van der Waals surface area (Å²) in [6.45, 7) is 2.18. The standard InChI is InChI=1S/C17H23F/c1-2-3-7-12-17(13-8-4-9-14-17)15-10-5-6-11-16(15)18/h5-7,10-12H,2-4,8-9,13-14H2,1H3/b12-7+. The Balaban J connectivity index is 2.32. The normalized spacial score (nSPS) is 19.2. The molecule has 0 aromatic heterocycles. The molecular formula is C17H23F. The molecule has 0 bridgehead atoms. The Kier molecular flexibility index (Phi) is 4.57. The molecule has 0 saturated heterocycles. The molecule has 1 aliphatic carbocycles. The van der Waals surface area contributed by atoms with Crippen LogP contribution in [-0.4, -0.2) is 0 Å². The molecule has 0 spiro atoms. The highest BCUT2D eigenvalue weighted by Gasteiger charge is 2.33. The summed E-state index contributed by atoms with van der Waals surface area (Å²) in [5.41, 5.74) is 0.857. The van der Waals surface area contributed by atoms with Gasteiger partial charge in [-0.3, -0.25) is 0 Å². The van der Waals surface area contributed by atoms with E-state index >= 15 is 0 Å². The van der Waals surface area contributed by atoms with E-state index in [1.165, 1.54) is 19.3 Å². The maximum absolute atomic E-state index is 14.1. The second kappa shape index (κ2) is 6.17. The molecule has 0 atom stereocenters. The summed E-state index contributed by atoms with van der Waals surface area (Å²) in [7, 11) is 0. The Hall–Kier alpha value is -1.11. The third-order valence-corrected chi connectivity index (χ3v) is 4.05. The molecule has 1 aromatic carbocycles. The first-order valence-electron chi connectivity index (χ1n) is 7.21. The molecule has 0 nitrogen and oxygen atoms in total. The minimum atomic E-state index is -0.0429. The van der Waals surface area contributed by atoms with Crippen LogP contribution in [0.25, 0.3) is 0 Å². The number of benzene rings is 1. The van der Waals surface area contributed by atoms with Crippen molar-refractivity contribution in [3.63, 3.8) is 0 Å². The number of rotatable bonds is 4. The monoisotopic (exact) mass is 246 g/mol. The number of unbranched alkanes of at least 4 members (excludes halogenated alkanes) is 1. The molecule has 0 N–H and O–H groups in total. The van der Waals surface area contributed by atoms with E-state index in [2.05, 4.69) is 19.1 Å². The van der Waals surface area contributed by atoms with Crippen LogP contribution < -0.4 is 0 Å². The quantitative estimate of drug-likeness (QED) is 0.625. The van der Waals surface area contributed by atoms with E-state index < -0.39 is 0 Å². The van der Waals surface area contributed by atoms with E-state index in [4.69, 9.17) is 0 Å². The van der Waals surface area contributed by atoms with Gasteiger partial charge >= 0.3 is 0 Å². The highest BCUT2D eigenvalue weighted by atomic mass is 19.1. The molecule has 2 rings (SSSR count). The van der Waals surface area contributed by atoms with Crippen LogP contribution in [0.5, 0.6) is 0 Å². The predicted molar refractivity (Wildman–Crippen MR) is 75.2 cm³/mol. The largest absolute Gasteiger partial charge is 0.207 e. The fourth-order valence-corrected chi connectivity index (χ4v) is 3.05. The van der Waals surface area contributed by atoms with Crippen LogP contribution in [0.4, 0.5) is 4.39 Å². The smallest absolute Gasteiger partial charge is 0.127 e. The Morgan fingerprint density at radius 2 is 1.89 bits per heavy atom. The van der Waals surface area contributed by atoms with Gasteiger partial charge < -0.3 is 0 Å². The van der Waals surface area contributed by atoms with Crippen molar-refractivity contribution in [3.05, 3.63) is 47.8 Å². The number of hydrogen-bond acceptors (Lipinski definition) is 0. The summed E-state index contributed by atoms with van der Waals surface area (Å²) in [6.07, 6.45) is 12.7. The fourth-order valence-electron chi connectivity index (χ4n) is 3.05. The Morgan fingerprint density at radius 3 is 2.56 bits per heavy atom. The SMILES string of the molecule is CCC/C=C/C1(c2ccccc2F)CCCCC1. The maximum Gasteiger partial charge on any atom is 0.127 e. The van der Waals surface area contributed by atoms with Crippen LogP contribution in [0.15, 0.2) is 36.4 Å². The van der Waals surface area contributed by atoms with E-state index in [0.29, 0.717) is 0 Å². The number of halogens is 1. The Labute approximate surface area is 110 Å². The molecule has 1 aliphatic rings. The van der Waals surface area contributed by atoms with E-state index in [1.807, 2.05) is 12.1 Å². The van der Waals surface area contributed by atoms with Crippen molar-refractivity contribution in [2.75, 3.05) is 0 Å². The number of hydrogen-bond donors (Lipinski definition) is 0. The third kappa shape index (κ3) is 2.82. The van der Waals surface area contributed by atoms with Crippen LogP contribution in [0.3, 0.4) is 0 Å². The predicted octanol–water partition coefficient (Wildman–Crippen LogP) is 5.38. The molecule has 0 amide bonds. The van der Waals surface area contributed by atoms with Crippen molar-refractivity contribution in [3.8, 4) is 0 Å². The van der Waals surface area contributed by atoms with Crippen LogP contribution in [0.2, 0.25) is 0 Å². The third-order valence-electron chi connectivity index (χ3n) is 4.05. The highest BCUT2D eigenvalue weighted by molar-refractivity contribution is 5.33. The fraction of sp³-hybridized carbons (Fsp3) is 0.529. The maximum atomic E-state index is 14.1. The van der Waals surface area contributed by atoms with Crippen LogP contribution >= 0.6 is 0 Å². The minimum Gasteiger partial charge on any atom is -0.207 e. The lowest BCUT2D eigenvalue weighted by atomic mass is 9.69. The zero-order valence-electron chi connectivity index (χ0n) is 11.3. The van der Waals surface area contributed by atoms with Crippen molar-refractivity contribution >= 4 is 0 Å². The van der Waals surface area contributed by atoms with Gasteiger partial charge in [0, 0.05) is 5.41 Å². The summed E-state index contributed by atoms with van der Waals surface area (Å²) < 4.78 is 14.1. The topological polar surface area (TPSA) is 0 Å². The van der Waals surface area contributed by atoms with Gasteiger partial charge in [0.05, 0.1) is 0 Å². The molecule has 1 saturated carbocycles. The molecule has 1 aromatic rings. The van der Waals surface area contributed by atoms with Crippen molar-refractivity contribution in [2.24, 2.45) is 0 Å². The molecule has 0 aliphatic heterocycles. The zero-order chi connectivity index (χ0) is 12.8. The average molecular weight is 246 g/mol. The second-order valence-electron chi connectivity index (χ2n) is 5.39. The first-order chi connectivity index (χ1) is 8.78. The second-order valence-corrected chi connectivity index (χ2v) is 5.39.